The van der Waals surface area contributed by atoms with Crippen LogP contribution in [0, 0.1) is 6.92 Å². The summed E-state index contributed by atoms with van der Waals surface area (Å²) in [4.78, 5) is 1.36. The minimum Gasteiger partial charge on any atom is -0.122 e. The summed E-state index contributed by atoms with van der Waals surface area (Å²) in [6.45, 7) is 4.29. The number of hydrogen-bond acceptors (Lipinski definition) is 1. The van der Waals surface area contributed by atoms with Gasteiger partial charge in [0.1, 0.15) is 0 Å². The molecule has 0 saturated carbocycles. The van der Waals surface area contributed by atoms with Crippen LogP contribution in [-0.4, -0.2) is 5.75 Å². The van der Waals surface area contributed by atoms with Crippen molar-refractivity contribution in [1.82, 2.24) is 0 Å². The zero-order valence-electron chi connectivity index (χ0n) is 8.29. The van der Waals surface area contributed by atoms with E-state index in [1.807, 2.05) is 11.8 Å². The van der Waals surface area contributed by atoms with Gasteiger partial charge in [0.25, 0.3) is 0 Å². The van der Waals surface area contributed by atoms with Crippen LogP contribution in [0.2, 0.25) is 0 Å². The smallest absolute Gasteiger partial charge is 0.0160 e. The zero-order valence-corrected chi connectivity index (χ0v) is 9.10. The molecule has 0 atom stereocenters. The molecule has 0 heterocycles. The fraction of sp³-hybridized carbons (Fsp3) is 0.333. The van der Waals surface area contributed by atoms with Crippen molar-refractivity contribution in [1.29, 1.82) is 0 Å². The first-order valence-electron chi connectivity index (χ1n) is 4.67. The predicted octanol–water partition coefficient (Wildman–Crippen LogP) is 4.05. The van der Waals surface area contributed by atoms with E-state index in [-0.39, 0.29) is 0 Å². The Labute approximate surface area is 85.1 Å². The summed E-state index contributed by atoms with van der Waals surface area (Å²) >= 11 is 1.89. The van der Waals surface area contributed by atoms with Crippen LogP contribution in [0.1, 0.15) is 18.9 Å². The molecule has 1 aromatic carbocycles. The lowest BCUT2D eigenvalue weighted by atomic mass is 10.2. The second kappa shape index (κ2) is 5.87. The lowest BCUT2D eigenvalue weighted by molar-refractivity contribution is 1.22. The Morgan fingerprint density at radius 2 is 2.15 bits per heavy atom. The van der Waals surface area contributed by atoms with Gasteiger partial charge in [-0.3, -0.25) is 0 Å². The third kappa shape index (κ3) is 4.18. The van der Waals surface area contributed by atoms with Crippen LogP contribution in [0.4, 0.5) is 0 Å². The largest absolute Gasteiger partial charge is 0.122 e. The molecule has 1 aromatic rings. The van der Waals surface area contributed by atoms with Crippen molar-refractivity contribution in [3.63, 3.8) is 0 Å². The molecule has 0 fully saturated rings. The Hall–Kier alpha value is -0.690. The van der Waals surface area contributed by atoms with Gasteiger partial charge >= 0.3 is 0 Å². The molecule has 70 valence electrons. The number of benzene rings is 1. The Morgan fingerprint density at radius 3 is 2.85 bits per heavy atom. The second-order valence-electron chi connectivity index (χ2n) is 3.01. The lowest BCUT2D eigenvalue weighted by Gasteiger charge is -1.98. The zero-order chi connectivity index (χ0) is 9.52. The summed E-state index contributed by atoms with van der Waals surface area (Å²) in [6, 6.07) is 8.63. The van der Waals surface area contributed by atoms with Crippen LogP contribution < -0.4 is 0 Å². The molecule has 0 aliphatic rings. The monoisotopic (exact) mass is 192 g/mol. The van der Waals surface area contributed by atoms with Crippen molar-refractivity contribution < 1.29 is 0 Å². The van der Waals surface area contributed by atoms with Gasteiger partial charge in [0, 0.05) is 10.6 Å². The summed E-state index contributed by atoms with van der Waals surface area (Å²) in [5, 5.41) is 0. The van der Waals surface area contributed by atoms with Gasteiger partial charge in [0.05, 0.1) is 0 Å². The quantitative estimate of drug-likeness (QED) is 0.512. The highest BCUT2D eigenvalue weighted by Crippen LogP contribution is 2.18. The van der Waals surface area contributed by atoms with Gasteiger partial charge in [-0.2, -0.15) is 0 Å². The summed E-state index contributed by atoms with van der Waals surface area (Å²) in [5.74, 6) is 1.08. The van der Waals surface area contributed by atoms with E-state index in [1.54, 1.807) is 0 Å². The third-order valence-electron chi connectivity index (χ3n) is 1.74. The minimum absolute atomic E-state index is 1.08. The molecule has 1 heteroatoms. The molecule has 1 rings (SSSR count). The number of allylic oxidation sites excluding steroid dienone is 1. The van der Waals surface area contributed by atoms with Crippen molar-refractivity contribution >= 4 is 11.8 Å². The van der Waals surface area contributed by atoms with E-state index in [9.17, 15) is 0 Å². The Morgan fingerprint density at radius 1 is 1.31 bits per heavy atom. The topological polar surface area (TPSA) is 0 Å². The first-order chi connectivity index (χ1) is 6.33. The van der Waals surface area contributed by atoms with E-state index < -0.39 is 0 Å². The lowest BCUT2D eigenvalue weighted by Crippen LogP contribution is -1.76. The van der Waals surface area contributed by atoms with Gasteiger partial charge in [0.15, 0.2) is 0 Å². The van der Waals surface area contributed by atoms with Gasteiger partial charge in [0.2, 0.25) is 0 Å². The summed E-state index contributed by atoms with van der Waals surface area (Å²) in [6.07, 6.45) is 5.57. The summed E-state index contributed by atoms with van der Waals surface area (Å²) in [7, 11) is 0. The van der Waals surface area contributed by atoms with Crippen molar-refractivity contribution in [3.8, 4) is 0 Å². The van der Waals surface area contributed by atoms with Gasteiger partial charge in [-0.15, -0.1) is 11.8 Å². The third-order valence-corrected chi connectivity index (χ3v) is 2.68. The van der Waals surface area contributed by atoms with Crippen LogP contribution >= 0.6 is 11.8 Å². The maximum absolute atomic E-state index is 2.23. The molecule has 0 aliphatic carbocycles. The highest BCUT2D eigenvalue weighted by atomic mass is 32.2. The van der Waals surface area contributed by atoms with Crippen LogP contribution in [0.3, 0.4) is 0 Å². The Kier molecular flexibility index (Phi) is 4.69. The van der Waals surface area contributed by atoms with E-state index in [0.717, 1.165) is 12.2 Å². The number of rotatable bonds is 4. The molecule has 13 heavy (non-hydrogen) atoms. The molecular formula is C12H16S. The van der Waals surface area contributed by atoms with Crippen LogP contribution in [0.5, 0.6) is 0 Å². The Bertz CT molecular complexity index is 276. The minimum atomic E-state index is 1.08. The fourth-order valence-corrected chi connectivity index (χ4v) is 1.95. The first-order valence-corrected chi connectivity index (χ1v) is 5.66. The molecule has 0 bridgehead atoms. The maximum atomic E-state index is 2.23. The van der Waals surface area contributed by atoms with E-state index in [1.165, 1.54) is 10.5 Å². The Balaban J connectivity index is 2.41. The number of thioether (sulfide) groups is 1. The van der Waals surface area contributed by atoms with E-state index >= 15 is 0 Å². The highest BCUT2D eigenvalue weighted by Gasteiger charge is 1.90. The van der Waals surface area contributed by atoms with E-state index in [4.69, 9.17) is 0 Å². The van der Waals surface area contributed by atoms with Crippen LogP contribution in [0.15, 0.2) is 41.3 Å². The molecule has 0 N–H and O–H groups in total. The van der Waals surface area contributed by atoms with Gasteiger partial charge in [-0.25, -0.2) is 0 Å². The number of hydrogen-bond donors (Lipinski definition) is 0. The van der Waals surface area contributed by atoms with Crippen molar-refractivity contribution in [3.05, 3.63) is 42.0 Å². The maximum Gasteiger partial charge on any atom is 0.0160 e. The summed E-state index contributed by atoms with van der Waals surface area (Å²) < 4.78 is 0. The predicted molar refractivity (Wildman–Crippen MR) is 61.3 cm³/mol. The van der Waals surface area contributed by atoms with Gasteiger partial charge < -0.3 is 0 Å². The molecular weight excluding hydrogens is 176 g/mol. The molecule has 0 amide bonds. The number of aryl methyl sites for hydroxylation is 1. The van der Waals surface area contributed by atoms with E-state index in [2.05, 4.69) is 50.3 Å². The normalized spacial score (nSPS) is 10.9. The van der Waals surface area contributed by atoms with Crippen molar-refractivity contribution in [2.75, 3.05) is 5.75 Å². The van der Waals surface area contributed by atoms with Crippen LogP contribution in [-0.2, 0) is 0 Å². The summed E-state index contributed by atoms with van der Waals surface area (Å²) in [5.41, 5.74) is 1.34. The molecule has 0 aromatic heterocycles. The molecule has 0 nitrogen and oxygen atoms in total. The second-order valence-corrected chi connectivity index (χ2v) is 4.10. The SMILES string of the molecule is CC/C=C/CSc1cccc(C)c1. The standard InChI is InChI=1S/C12H16S/c1-3-4-5-9-13-12-8-6-7-11(2)10-12/h4-8,10H,3,9H2,1-2H3/b5-4+. The van der Waals surface area contributed by atoms with Crippen molar-refractivity contribution in [2.45, 2.75) is 25.2 Å². The average Bonchev–Trinajstić information content (AvgIpc) is 2.13. The molecule has 0 radical (unpaired) electrons. The van der Waals surface area contributed by atoms with Gasteiger partial charge in [-0.1, -0.05) is 36.8 Å². The molecule has 0 spiro atoms. The highest BCUT2D eigenvalue weighted by molar-refractivity contribution is 7.99. The van der Waals surface area contributed by atoms with Gasteiger partial charge in [-0.05, 0) is 25.5 Å². The average molecular weight is 192 g/mol. The molecule has 0 unspecified atom stereocenters. The van der Waals surface area contributed by atoms with Crippen LogP contribution in [0.25, 0.3) is 0 Å². The molecule has 0 saturated heterocycles. The van der Waals surface area contributed by atoms with E-state index in [0.29, 0.717) is 0 Å². The first kappa shape index (κ1) is 10.4. The molecule has 0 aliphatic heterocycles. The fourth-order valence-electron chi connectivity index (χ4n) is 1.08. The van der Waals surface area contributed by atoms with Crippen molar-refractivity contribution in [2.24, 2.45) is 0 Å².